The first kappa shape index (κ1) is 18.7. The molecule has 3 heteroatoms. The molecule has 1 fully saturated rings. The number of benzene rings is 3. The predicted molar refractivity (Wildman–Crippen MR) is 118 cm³/mol. The zero-order valence-corrected chi connectivity index (χ0v) is 16.6. The predicted octanol–water partition coefficient (Wildman–Crippen LogP) is 4.71. The lowest BCUT2D eigenvalue weighted by atomic mass is 10.0. The summed E-state index contributed by atoms with van der Waals surface area (Å²) >= 11 is 0. The van der Waals surface area contributed by atoms with Gasteiger partial charge in [-0.25, -0.2) is 0 Å². The molecule has 4 rings (SSSR count). The van der Waals surface area contributed by atoms with Gasteiger partial charge in [-0.1, -0.05) is 72.8 Å². The molecule has 1 heterocycles. The highest BCUT2D eigenvalue weighted by molar-refractivity contribution is 5.63. The summed E-state index contributed by atoms with van der Waals surface area (Å²) in [5, 5.41) is 3.65. The van der Waals surface area contributed by atoms with Crippen LogP contribution in [0.5, 0.6) is 0 Å². The standard InChI is InChI=1S/C25H29N3/c1-27-15-17-28(18-16-27)20-24-9-5-6-10-25(24)26-19-21-11-13-23(14-12-21)22-7-3-2-4-8-22/h2-14,26H,15-20H2,1H3. The SMILES string of the molecule is CN1CCN(Cc2ccccc2NCc2ccc(-c3ccccc3)cc2)CC1. The summed E-state index contributed by atoms with van der Waals surface area (Å²) in [4.78, 5) is 4.95. The lowest BCUT2D eigenvalue weighted by molar-refractivity contribution is 0.148. The second kappa shape index (κ2) is 9.05. The molecule has 0 saturated carbocycles. The maximum absolute atomic E-state index is 3.65. The average Bonchev–Trinajstić information content (AvgIpc) is 2.76. The monoisotopic (exact) mass is 371 g/mol. The zero-order chi connectivity index (χ0) is 19.2. The summed E-state index contributed by atoms with van der Waals surface area (Å²) in [5.41, 5.74) is 6.45. The Labute approximate surface area is 168 Å². The largest absolute Gasteiger partial charge is 0.381 e. The van der Waals surface area contributed by atoms with Crippen LogP contribution in [-0.4, -0.2) is 43.0 Å². The van der Waals surface area contributed by atoms with Gasteiger partial charge in [-0.3, -0.25) is 4.90 Å². The van der Waals surface area contributed by atoms with Crippen LogP contribution in [0.2, 0.25) is 0 Å². The Kier molecular flexibility index (Phi) is 6.05. The van der Waals surface area contributed by atoms with Crippen molar-refractivity contribution in [3.8, 4) is 11.1 Å². The van der Waals surface area contributed by atoms with E-state index in [-0.39, 0.29) is 0 Å². The number of anilines is 1. The fourth-order valence-electron chi connectivity index (χ4n) is 3.72. The molecule has 1 aliphatic rings. The molecule has 1 N–H and O–H groups in total. The van der Waals surface area contributed by atoms with E-state index in [1.54, 1.807) is 0 Å². The average molecular weight is 372 g/mol. The molecule has 0 spiro atoms. The summed E-state index contributed by atoms with van der Waals surface area (Å²) < 4.78 is 0. The second-order valence-electron chi connectivity index (χ2n) is 7.65. The third-order valence-corrected chi connectivity index (χ3v) is 5.55. The smallest absolute Gasteiger partial charge is 0.0400 e. The number of hydrogen-bond donors (Lipinski definition) is 1. The van der Waals surface area contributed by atoms with Crippen molar-refractivity contribution < 1.29 is 0 Å². The summed E-state index contributed by atoms with van der Waals surface area (Å²) in [7, 11) is 2.20. The molecule has 0 atom stereocenters. The van der Waals surface area contributed by atoms with Crippen LogP contribution in [0.25, 0.3) is 11.1 Å². The Bertz CT molecular complexity index is 866. The molecular formula is C25H29N3. The van der Waals surface area contributed by atoms with Crippen molar-refractivity contribution in [2.45, 2.75) is 13.1 Å². The Hall–Kier alpha value is -2.62. The summed E-state index contributed by atoms with van der Waals surface area (Å²) in [6.07, 6.45) is 0. The maximum Gasteiger partial charge on any atom is 0.0400 e. The highest BCUT2D eigenvalue weighted by Gasteiger charge is 2.15. The summed E-state index contributed by atoms with van der Waals surface area (Å²) in [5.74, 6) is 0. The zero-order valence-electron chi connectivity index (χ0n) is 16.6. The van der Waals surface area contributed by atoms with Crippen LogP contribution in [-0.2, 0) is 13.1 Å². The molecule has 0 aliphatic carbocycles. The van der Waals surface area contributed by atoms with Crippen molar-refractivity contribution >= 4 is 5.69 Å². The number of hydrogen-bond acceptors (Lipinski definition) is 3. The highest BCUT2D eigenvalue weighted by atomic mass is 15.2. The lowest BCUT2D eigenvalue weighted by Gasteiger charge is -2.32. The number of para-hydroxylation sites is 1. The highest BCUT2D eigenvalue weighted by Crippen LogP contribution is 2.21. The fourth-order valence-corrected chi connectivity index (χ4v) is 3.72. The van der Waals surface area contributed by atoms with Gasteiger partial charge in [0.1, 0.15) is 0 Å². The molecule has 0 radical (unpaired) electrons. The van der Waals surface area contributed by atoms with E-state index >= 15 is 0 Å². The van der Waals surface area contributed by atoms with Gasteiger partial charge >= 0.3 is 0 Å². The van der Waals surface area contributed by atoms with Gasteiger partial charge in [-0.2, -0.15) is 0 Å². The van der Waals surface area contributed by atoms with Crippen LogP contribution in [0.4, 0.5) is 5.69 Å². The van der Waals surface area contributed by atoms with Crippen LogP contribution < -0.4 is 5.32 Å². The molecule has 3 aromatic carbocycles. The third kappa shape index (κ3) is 4.80. The van der Waals surface area contributed by atoms with Crippen molar-refractivity contribution in [2.24, 2.45) is 0 Å². The van der Waals surface area contributed by atoms with E-state index in [0.29, 0.717) is 0 Å². The Morgan fingerprint density at radius 1 is 0.714 bits per heavy atom. The Balaban J connectivity index is 1.38. The van der Waals surface area contributed by atoms with Gasteiger partial charge in [0.25, 0.3) is 0 Å². The van der Waals surface area contributed by atoms with Gasteiger partial charge in [0.15, 0.2) is 0 Å². The van der Waals surface area contributed by atoms with Crippen LogP contribution in [0.1, 0.15) is 11.1 Å². The normalized spacial score (nSPS) is 15.5. The summed E-state index contributed by atoms with van der Waals surface area (Å²) in [6.45, 7) is 6.46. The van der Waals surface area contributed by atoms with Gasteiger partial charge in [0, 0.05) is 45.0 Å². The van der Waals surface area contributed by atoms with Crippen molar-refractivity contribution in [1.29, 1.82) is 0 Å². The fraction of sp³-hybridized carbons (Fsp3) is 0.280. The number of piperazine rings is 1. The second-order valence-corrected chi connectivity index (χ2v) is 7.65. The molecular weight excluding hydrogens is 342 g/mol. The molecule has 3 aromatic rings. The van der Waals surface area contributed by atoms with E-state index in [1.807, 2.05) is 0 Å². The number of rotatable bonds is 6. The number of likely N-dealkylation sites (N-methyl/N-ethyl adjacent to an activating group) is 1. The van der Waals surface area contributed by atoms with E-state index in [0.717, 1.165) is 39.3 Å². The van der Waals surface area contributed by atoms with Gasteiger partial charge in [0.2, 0.25) is 0 Å². The quantitative estimate of drug-likeness (QED) is 0.677. The number of nitrogens with zero attached hydrogens (tertiary/aromatic N) is 2. The molecule has 144 valence electrons. The van der Waals surface area contributed by atoms with Gasteiger partial charge in [-0.15, -0.1) is 0 Å². The lowest BCUT2D eigenvalue weighted by Crippen LogP contribution is -2.43. The molecule has 0 unspecified atom stereocenters. The van der Waals surface area contributed by atoms with Crippen molar-refractivity contribution in [3.05, 3.63) is 90.0 Å². The minimum Gasteiger partial charge on any atom is -0.381 e. The Morgan fingerprint density at radius 3 is 2.11 bits per heavy atom. The van der Waals surface area contributed by atoms with Crippen molar-refractivity contribution in [1.82, 2.24) is 9.80 Å². The van der Waals surface area contributed by atoms with E-state index in [1.165, 1.54) is 27.9 Å². The van der Waals surface area contributed by atoms with Crippen molar-refractivity contribution in [3.63, 3.8) is 0 Å². The molecule has 3 nitrogen and oxygen atoms in total. The molecule has 0 amide bonds. The van der Waals surface area contributed by atoms with Crippen molar-refractivity contribution in [2.75, 3.05) is 38.5 Å². The molecule has 1 saturated heterocycles. The van der Waals surface area contributed by atoms with E-state index in [9.17, 15) is 0 Å². The van der Waals surface area contributed by atoms with E-state index < -0.39 is 0 Å². The van der Waals surface area contributed by atoms with E-state index in [2.05, 4.69) is 101 Å². The molecule has 0 aromatic heterocycles. The molecule has 1 aliphatic heterocycles. The summed E-state index contributed by atoms with van der Waals surface area (Å²) in [6, 6.07) is 28.1. The van der Waals surface area contributed by atoms with E-state index in [4.69, 9.17) is 0 Å². The first-order valence-electron chi connectivity index (χ1n) is 10.1. The maximum atomic E-state index is 3.65. The first-order valence-corrected chi connectivity index (χ1v) is 10.1. The Morgan fingerprint density at radius 2 is 1.36 bits per heavy atom. The van der Waals surface area contributed by atoms with Crippen LogP contribution in [0, 0.1) is 0 Å². The minimum absolute atomic E-state index is 0.842. The number of nitrogens with one attached hydrogen (secondary N) is 1. The minimum atomic E-state index is 0.842. The van der Waals surface area contributed by atoms with Gasteiger partial charge in [-0.05, 0) is 35.4 Å². The molecule has 28 heavy (non-hydrogen) atoms. The van der Waals surface area contributed by atoms with Gasteiger partial charge in [0.05, 0.1) is 0 Å². The van der Waals surface area contributed by atoms with Crippen LogP contribution in [0.3, 0.4) is 0 Å². The van der Waals surface area contributed by atoms with Crippen LogP contribution >= 0.6 is 0 Å². The third-order valence-electron chi connectivity index (χ3n) is 5.55. The first-order chi connectivity index (χ1) is 13.8. The van der Waals surface area contributed by atoms with Crippen LogP contribution in [0.15, 0.2) is 78.9 Å². The topological polar surface area (TPSA) is 18.5 Å². The molecule has 0 bridgehead atoms. The van der Waals surface area contributed by atoms with Gasteiger partial charge < -0.3 is 10.2 Å².